The predicted octanol–water partition coefficient (Wildman–Crippen LogP) is 2.44. The van der Waals surface area contributed by atoms with E-state index in [9.17, 15) is 9.59 Å². The van der Waals surface area contributed by atoms with Crippen LogP contribution in [-0.2, 0) is 4.79 Å². The number of benzene rings is 1. The van der Waals surface area contributed by atoms with Gasteiger partial charge < -0.3 is 5.32 Å². The second kappa shape index (κ2) is 4.66. The van der Waals surface area contributed by atoms with Crippen LogP contribution < -0.4 is 5.32 Å². The molecular weight excluding hydrogens is 226 g/mol. The number of rotatable bonds is 2. The summed E-state index contributed by atoms with van der Waals surface area (Å²) < 4.78 is 0. The summed E-state index contributed by atoms with van der Waals surface area (Å²) in [5.41, 5.74) is -0.125. The SMILES string of the molecule is CC(C)(C)NC(=O)C(=O)c1cccc(Cl)c1. The van der Waals surface area contributed by atoms with Gasteiger partial charge in [0.05, 0.1) is 0 Å². The summed E-state index contributed by atoms with van der Waals surface area (Å²) in [7, 11) is 0. The fourth-order valence-corrected chi connectivity index (χ4v) is 1.35. The molecule has 3 nitrogen and oxygen atoms in total. The third-order valence-corrected chi connectivity index (χ3v) is 2.02. The molecule has 0 saturated carbocycles. The zero-order valence-corrected chi connectivity index (χ0v) is 10.3. The zero-order valence-electron chi connectivity index (χ0n) is 9.50. The summed E-state index contributed by atoms with van der Waals surface area (Å²) in [5, 5.41) is 3.04. The van der Waals surface area contributed by atoms with Crippen LogP contribution in [0.25, 0.3) is 0 Å². The van der Waals surface area contributed by atoms with Gasteiger partial charge in [-0.15, -0.1) is 0 Å². The first-order valence-electron chi connectivity index (χ1n) is 4.92. The van der Waals surface area contributed by atoms with Crippen molar-refractivity contribution in [3.63, 3.8) is 0 Å². The molecule has 0 unspecified atom stereocenters. The van der Waals surface area contributed by atoms with E-state index < -0.39 is 17.2 Å². The molecule has 86 valence electrons. The molecule has 0 saturated heterocycles. The van der Waals surface area contributed by atoms with Crippen LogP contribution in [0, 0.1) is 0 Å². The lowest BCUT2D eigenvalue weighted by Crippen LogP contribution is -2.44. The van der Waals surface area contributed by atoms with Gasteiger partial charge in [-0.25, -0.2) is 0 Å². The van der Waals surface area contributed by atoms with Gasteiger partial charge in [0.25, 0.3) is 5.91 Å². The van der Waals surface area contributed by atoms with Gasteiger partial charge >= 0.3 is 0 Å². The van der Waals surface area contributed by atoms with Gasteiger partial charge in [0, 0.05) is 16.1 Å². The lowest BCUT2D eigenvalue weighted by atomic mass is 10.1. The maximum absolute atomic E-state index is 11.7. The number of carbonyl (C=O) groups is 2. The Morgan fingerprint density at radius 2 is 1.88 bits per heavy atom. The Morgan fingerprint density at radius 3 is 2.38 bits per heavy atom. The number of nitrogens with one attached hydrogen (secondary N) is 1. The Bertz CT molecular complexity index is 421. The maximum Gasteiger partial charge on any atom is 0.292 e. The van der Waals surface area contributed by atoms with E-state index >= 15 is 0 Å². The van der Waals surface area contributed by atoms with E-state index in [-0.39, 0.29) is 0 Å². The number of hydrogen-bond acceptors (Lipinski definition) is 2. The lowest BCUT2D eigenvalue weighted by Gasteiger charge is -2.19. The van der Waals surface area contributed by atoms with E-state index in [2.05, 4.69) is 5.32 Å². The molecule has 0 radical (unpaired) electrons. The summed E-state index contributed by atoms with van der Waals surface area (Å²) in [6.07, 6.45) is 0. The quantitative estimate of drug-likeness (QED) is 0.637. The minimum Gasteiger partial charge on any atom is -0.345 e. The van der Waals surface area contributed by atoms with E-state index in [1.165, 1.54) is 6.07 Å². The van der Waals surface area contributed by atoms with Gasteiger partial charge in [0.2, 0.25) is 5.78 Å². The highest BCUT2D eigenvalue weighted by atomic mass is 35.5. The number of halogens is 1. The fourth-order valence-electron chi connectivity index (χ4n) is 1.16. The number of Topliss-reactive ketones (excluding diaryl/α,β-unsaturated/α-hetero) is 1. The van der Waals surface area contributed by atoms with Gasteiger partial charge in [-0.05, 0) is 32.9 Å². The maximum atomic E-state index is 11.7. The first kappa shape index (κ1) is 12.7. The smallest absolute Gasteiger partial charge is 0.292 e. The van der Waals surface area contributed by atoms with Crippen molar-refractivity contribution in [3.05, 3.63) is 34.9 Å². The summed E-state index contributed by atoms with van der Waals surface area (Å²) >= 11 is 5.74. The Hall–Kier alpha value is -1.35. The normalized spacial score (nSPS) is 11.0. The second-order valence-corrected chi connectivity index (χ2v) is 4.98. The minimum atomic E-state index is -0.616. The van der Waals surface area contributed by atoms with Gasteiger partial charge in [-0.3, -0.25) is 9.59 Å². The largest absolute Gasteiger partial charge is 0.345 e. The first-order chi connectivity index (χ1) is 7.29. The van der Waals surface area contributed by atoms with Gasteiger partial charge in [0.15, 0.2) is 0 Å². The number of amides is 1. The minimum absolute atomic E-state index is 0.300. The molecule has 0 aliphatic heterocycles. The van der Waals surface area contributed by atoms with Crippen molar-refractivity contribution < 1.29 is 9.59 Å². The molecule has 0 atom stereocenters. The molecule has 1 aromatic carbocycles. The fraction of sp³-hybridized carbons (Fsp3) is 0.333. The molecule has 4 heteroatoms. The highest BCUT2D eigenvalue weighted by Crippen LogP contribution is 2.11. The second-order valence-electron chi connectivity index (χ2n) is 4.54. The Labute approximate surface area is 99.8 Å². The van der Waals surface area contributed by atoms with Crippen LogP contribution in [-0.4, -0.2) is 17.2 Å². The molecule has 0 aromatic heterocycles. The van der Waals surface area contributed by atoms with Crippen LogP contribution in [0.3, 0.4) is 0 Å². The Kier molecular flexibility index (Phi) is 3.70. The van der Waals surface area contributed by atoms with Crippen molar-refractivity contribution in [2.45, 2.75) is 26.3 Å². The van der Waals surface area contributed by atoms with E-state index in [0.717, 1.165) is 0 Å². The van der Waals surface area contributed by atoms with Crippen LogP contribution >= 0.6 is 11.6 Å². The molecule has 16 heavy (non-hydrogen) atoms. The van der Waals surface area contributed by atoms with Gasteiger partial charge in [-0.2, -0.15) is 0 Å². The Morgan fingerprint density at radius 1 is 1.25 bits per heavy atom. The monoisotopic (exact) mass is 239 g/mol. The summed E-state index contributed by atoms with van der Waals surface area (Å²) in [6.45, 7) is 5.45. The molecule has 1 amide bonds. The van der Waals surface area contributed by atoms with Gasteiger partial charge in [-0.1, -0.05) is 23.7 Å². The highest BCUT2D eigenvalue weighted by Gasteiger charge is 2.21. The van der Waals surface area contributed by atoms with E-state index in [1.54, 1.807) is 18.2 Å². The van der Waals surface area contributed by atoms with E-state index in [0.29, 0.717) is 10.6 Å². The van der Waals surface area contributed by atoms with E-state index in [1.807, 2.05) is 20.8 Å². The number of hydrogen-bond donors (Lipinski definition) is 1. The van der Waals surface area contributed by atoms with E-state index in [4.69, 9.17) is 11.6 Å². The molecule has 1 rings (SSSR count). The third-order valence-electron chi connectivity index (χ3n) is 1.78. The Balaban J connectivity index is 2.83. The average molecular weight is 240 g/mol. The lowest BCUT2D eigenvalue weighted by molar-refractivity contribution is -0.118. The molecule has 0 fully saturated rings. The predicted molar refractivity (Wildman–Crippen MR) is 63.7 cm³/mol. The summed E-state index contributed by atoms with van der Waals surface area (Å²) in [6, 6.07) is 6.34. The van der Waals surface area contributed by atoms with Crippen molar-refractivity contribution in [2.75, 3.05) is 0 Å². The van der Waals surface area contributed by atoms with Crippen molar-refractivity contribution in [1.29, 1.82) is 0 Å². The summed E-state index contributed by atoms with van der Waals surface area (Å²) in [5.74, 6) is -1.19. The number of ketones is 1. The average Bonchev–Trinajstić information content (AvgIpc) is 2.14. The summed E-state index contributed by atoms with van der Waals surface area (Å²) in [4.78, 5) is 23.3. The molecule has 1 aromatic rings. The number of carbonyl (C=O) groups excluding carboxylic acids is 2. The van der Waals surface area contributed by atoms with Crippen molar-refractivity contribution in [3.8, 4) is 0 Å². The highest BCUT2D eigenvalue weighted by molar-refractivity contribution is 6.43. The van der Waals surface area contributed by atoms with Crippen LogP contribution in [0.5, 0.6) is 0 Å². The molecule has 0 aliphatic rings. The van der Waals surface area contributed by atoms with Crippen molar-refractivity contribution in [2.24, 2.45) is 0 Å². The molecular formula is C12H14ClNO2. The molecule has 0 spiro atoms. The van der Waals surface area contributed by atoms with Crippen LogP contribution in [0.1, 0.15) is 31.1 Å². The third kappa shape index (κ3) is 3.66. The van der Waals surface area contributed by atoms with Crippen LogP contribution in [0.2, 0.25) is 5.02 Å². The molecule has 0 bridgehead atoms. The van der Waals surface area contributed by atoms with Gasteiger partial charge in [0.1, 0.15) is 0 Å². The first-order valence-corrected chi connectivity index (χ1v) is 5.30. The van der Waals surface area contributed by atoms with Crippen molar-refractivity contribution in [1.82, 2.24) is 5.32 Å². The van der Waals surface area contributed by atoms with Crippen molar-refractivity contribution >= 4 is 23.3 Å². The zero-order chi connectivity index (χ0) is 12.3. The standard InChI is InChI=1S/C12H14ClNO2/c1-12(2,3)14-11(16)10(15)8-5-4-6-9(13)7-8/h4-7H,1-3H3,(H,14,16). The van der Waals surface area contributed by atoms with Crippen LogP contribution in [0.15, 0.2) is 24.3 Å². The topological polar surface area (TPSA) is 46.2 Å². The van der Waals surface area contributed by atoms with Crippen LogP contribution in [0.4, 0.5) is 0 Å². The molecule has 1 N–H and O–H groups in total. The molecule has 0 aliphatic carbocycles. The molecule has 0 heterocycles.